The van der Waals surface area contributed by atoms with Gasteiger partial charge >= 0.3 is 11.9 Å². The highest BCUT2D eigenvalue weighted by Gasteiger charge is 2.51. The summed E-state index contributed by atoms with van der Waals surface area (Å²) in [5.74, 6) is -0.558. The smallest absolute Gasteiger partial charge is 0.344 e. The van der Waals surface area contributed by atoms with Crippen LogP contribution in [0.4, 0.5) is 0 Å². The van der Waals surface area contributed by atoms with Gasteiger partial charge in [0.05, 0.1) is 5.41 Å². The first-order valence-electron chi connectivity index (χ1n) is 10.4. The third kappa shape index (κ3) is 5.47. The van der Waals surface area contributed by atoms with E-state index < -0.39 is 17.0 Å². The Hall–Kier alpha value is -1.06. The normalized spacial score (nSPS) is 19.7. The average molecular weight is 369 g/mol. The summed E-state index contributed by atoms with van der Waals surface area (Å²) in [7, 11) is 0. The van der Waals surface area contributed by atoms with Gasteiger partial charge in [0.2, 0.25) is 0 Å². The van der Waals surface area contributed by atoms with Crippen LogP contribution < -0.4 is 0 Å². The minimum atomic E-state index is -0.599. The second-order valence-electron chi connectivity index (χ2n) is 9.54. The van der Waals surface area contributed by atoms with E-state index in [1.165, 1.54) is 6.42 Å². The third-order valence-corrected chi connectivity index (χ3v) is 6.21. The molecule has 152 valence electrons. The van der Waals surface area contributed by atoms with Crippen LogP contribution in [0.2, 0.25) is 0 Å². The second kappa shape index (κ2) is 9.23. The zero-order valence-electron chi connectivity index (χ0n) is 18.1. The van der Waals surface area contributed by atoms with Crippen molar-refractivity contribution in [2.75, 3.05) is 6.61 Å². The highest BCUT2D eigenvalue weighted by Crippen LogP contribution is 2.49. The molecule has 1 aliphatic carbocycles. The number of ether oxygens (including phenoxy) is 2. The molecule has 0 bridgehead atoms. The standard InChI is InChI=1S/C22H40O4/c1-8-9-15-22(17(2)3,20(4,5)6)19(24)25-16-18(23)26-21(7)13-11-10-12-14-21/h17H,8-16H2,1-7H3. The molecule has 1 aliphatic rings. The zero-order valence-corrected chi connectivity index (χ0v) is 18.1. The van der Waals surface area contributed by atoms with Gasteiger partial charge in [-0.15, -0.1) is 0 Å². The largest absolute Gasteiger partial charge is 0.457 e. The quantitative estimate of drug-likeness (QED) is 0.518. The molecule has 0 heterocycles. The maximum absolute atomic E-state index is 13.1. The highest BCUT2D eigenvalue weighted by atomic mass is 16.6. The second-order valence-corrected chi connectivity index (χ2v) is 9.54. The first-order valence-corrected chi connectivity index (χ1v) is 10.4. The molecule has 4 heteroatoms. The van der Waals surface area contributed by atoms with E-state index in [-0.39, 0.29) is 23.9 Å². The van der Waals surface area contributed by atoms with Gasteiger partial charge < -0.3 is 9.47 Å². The van der Waals surface area contributed by atoms with E-state index in [0.717, 1.165) is 44.9 Å². The maximum Gasteiger partial charge on any atom is 0.344 e. The molecular formula is C22H40O4. The minimum Gasteiger partial charge on any atom is -0.457 e. The monoisotopic (exact) mass is 368 g/mol. The van der Waals surface area contributed by atoms with Crippen LogP contribution in [0.5, 0.6) is 0 Å². The molecule has 0 spiro atoms. The van der Waals surface area contributed by atoms with E-state index in [4.69, 9.17) is 9.47 Å². The molecule has 1 unspecified atom stereocenters. The molecule has 0 radical (unpaired) electrons. The van der Waals surface area contributed by atoms with Gasteiger partial charge in [-0.1, -0.05) is 60.8 Å². The fraction of sp³-hybridized carbons (Fsp3) is 0.909. The van der Waals surface area contributed by atoms with Gasteiger partial charge in [-0.05, 0) is 50.4 Å². The molecule has 26 heavy (non-hydrogen) atoms. The average Bonchev–Trinajstić information content (AvgIpc) is 2.52. The van der Waals surface area contributed by atoms with Crippen LogP contribution in [0, 0.1) is 16.7 Å². The summed E-state index contributed by atoms with van der Waals surface area (Å²) in [6.07, 6.45) is 7.91. The van der Waals surface area contributed by atoms with Crippen molar-refractivity contribution in [1.82, 2.24) is 0 Å². The number of esters is 2. The van der Waals surface area contributed by atoms with Crippen molar-refractivity contribution in [1.29, 1.82) is 0 Å². The zero-order chi connectivity index (χ0) is 20.0. The SMILES string of the molecule is CCCCC(C(=O)OCC(=O)OC1(C)CCCCC1)(C(C)C)C(C)(C)C. The van der Waals surface area contributed by atoms with Crippen LogP contribution in [0.3, 0.4) is 0 Å². The lowest BCUT2D eigenvalue weighted by molar-refractivity contribution is -0.182. The third-order valence-electron chi connectivity index (χ3n) is 6.21. The highest BCUT2D eigenvalue weighted by molar-refractivity contribution is 5.81. The molecule has 0 amide bonds. The summed E-state index contributed by atoms with van der Waals surface area (Å²) in [5, 5.41) is 0. The Bertz CT molecular complexity index is 469. The number of carbonyl (C=O) groups is 2. The number of carbonyl (C=O) groups excluding carboxylic acids is 2. The lowest BCUT2D eigenvalue weighted by Gasteiger charge is -2.46. The minimum absolute atomic E-state index is 0.133. The molecule has 0 aromatic carbocycles. The lowest BCUT2D eigenvalue weighted by atomic mass is 9.58. The van der Waals surface area contributed by atoms with E-state index in [0.29, 0.717) is 0 Å². The number of hydrogen-bond acceptors (Lipinski definition) is 4. The van der Waals surface area contributed by atoms with Crippen molar-refractivity contribution < 1.29 is 19.1 Å². The van der Waals surface area contributed by atoms with Crippen LogP contribution >= 0.6 is 0 Å². The van der Waals surface area contributed by atoms with Gasteiger partial charge in [0, 0.05) is 0 Å². The molecule has 1 atom stereocenters. The van der Waals surface area contributed by atoms with Crippen molar-refractivity contribution >= 4 is 11.9 Å². The molecule has 0 aromatic heterocycles. The predicted molar refractivity (Wildman–Crippen MR) is 105 cm³/mol. The molecule has 1 rings (SSSR count). The summed E-state index contributed by atoms with van der Waals surface area (Å²) in [6, 6.07) is 0. The molecule has 0 aliphatic heterocycles. The maximum atomic E-state index is 13.1. The van der Waals surface area contributed by atoms with Crippen LogP contribution in [-0.4, -0.2) is 24.1 Å². The lowest BCUT2D eigenvalue weighted by Crippen LogP contribution is -2.48. The van der Waals surface area contributed by atoms with Crippen molar-refractivity contribution in [3.63, 3.8) is 0 Å². The van der Waals surface area contributed by atoms with Gasteiger partial charge in [0.25, 0.3) is 0 Å². The fourth-order valence-corrected chi connectivity index (χ4v) is 4.59. The Morgan fingerprint density at radius 1 is 1.08 bits per heavy atom. The van der Waals surface area contributed by atoms with E-state index in [1.54, 1.807) is 0 Å². The van der Waals surface area contributed by atoms with Gasteiger partial charge in [0.1, 0.15) is 5.60 Å². The summed E-state index contributed by atoms with van der Waals surface area (Å²) in [6.45, 7) is 14.2. The molecule has 4 nitrogen and oxygen atoms in total. The Kier molecular flexibility index (Phi) is 8.16. The summed E-state index contributed by atoms with van der Waals surface area (Å²) in [5.41, 5.74) is -1.24. The first kappa shape index (κ1) is 23.0. The van der Waals surface area contributed by atoms with Crippen LogP contribution in [0.25, 0.3) is 0 Å². The van der Waals surface area contributed by atoms with Crippen molar-refractivity contribution in [3.8, 4) is 0 Å². The molecule has 0 saturated heterocycles. The Morgan fingerprint density at radius 3 is 2.12 bits per heavy atom. The number of hydrogen-bond donors (Lipinski definition) is 0. The van der Waals surface area contributed by atoms with E-state index in [2.05, 4.69) is 41.5 Å². The number of rotatable bonds is 8. The van der Waals surface area contributed by atoms with Crippen LogP contribution in [0.1, 0.15) is 99.8 Å². The van der Waals surface area contributed by atoms with Crippen LogP contribution in [0.15, 0.2) is 0 Å². The van der Waals surface area contributed by atoms with Crippen molar-refractivity contribution in [2.24, 2.45) is 16.7 Å². The van der Waals surface area contributed by atoms with Gasteiger partial charge in [0.15, 0.2) is 6.61 Å². The Balaban J connectivity index is 2.78. The fourth-order valence-electron chi connectivity index (χ4n) is 4.59. The van der Waals surface area contributed by atoms with Crippen LogP contribution in [-0.2, 0) is 19.1 Å². The molecule has 0 N–H and O–H groups in total. The van der Waals surface area contributed by atoms with E-state index in [9.17, 15) is 9.59 Å². The molecule has 1 saturated carbocycles. The summed E-state index contributed by atoms with van der Waals surface area (Å²) < 4.78 is 11.2. The Morgan fingerprint density at radius 2 is 1.65 bits per heavy atom. The summed E-state index contributed by atoms with van der Waals surface area (Å²) in [4.78, 5) is 25.4. The first-order chi connectivity index (χ1) is 12.0. The topological polar surface area (TPSA) is 52.6 Å². The van der Waals surface area contributed by atoms with Gasteiger partial charge in [-0.25, -0.2) is 4.79 Å². The molecule has 0 aromatic rings. The van der Waals surface area contributed by atoms with Gasteiger partial charge in [-0.3, -0.25) is 4.79 Å². The summed E-state index contributed by atoms with van der Waals surface area (Å²) >= 11 is 0. The van der Waals surface area contributed by atoms with Crippen molar-refractivity contribution in [2.45, 2.75) is 105 Å². The van der Waals surface area contributed by atoms with Gasteiger partial charge in [-0.2, -0.15) is 0 Å². The van der Waals surface area contributed by atoms with Crippen molar-refractivity contribution in [3.05, 3.63) is 0 Å². The molecule has 1 fully saturated rings. The Labute approximate surface area is 160 Å². The van der Waals surface area contributed by atoms with E-state index >= 15 is 0 Å². The predicted octanol–water partition coefficient (Wildman–Crippen LogP) is 5.67. The number of unbranched alkanes of at least 4 members (excludes halogenated alkanes) is 1. The molecular weight excluding hydrogens is 328 g/mol. The van der Waals surface area contributed by atoms with E-state index in [1.807, 2.05) is 6.92 Å².